The van der Waals surface area contributed by atoms with Crippen LogP contribution in [-0.2, 0) is 14.3 Å². The Bertz CT molecular complexity index is 1000. The molecule has 5 heteroatoms. The second-order valence-electron chi connectivity index (χ2n) is 9.07. The Balaban J connectivity index is 1.51. The maximum Gasteiger partial charge on any atom is 0.309 e. The molecular weight excluding hydrogens is 405 g/mol. The molecule has 0 spiro atoms. The zero-order valence-electron chi connectivity index (χ0n) is 18.7. The number of aromatic nitrogens is 1. The summed E-state index contributed by atoms with van der Waals surface area (Å²) in [6, 6.07) is 10.3. The van der Waals surface area contributed by atoms with Crippen molar-refractivity contribution in [3.8, 4) is 11.1 Å². The summed E-state index contributed by atoms with van der Waals surface area (Å²) >= 11 is 0. The number of hydrogen-bond donors (Lipinski definition) is 0. The smallest absolute Gasteiger partial charge is 0.309 e. The normalized spacial score (nSPS) is 27.3. The number of ketones is 1. The van der Waals surface area contributed by atoms with Crippen molar-refractivity contribution in [1.82, 2.24) is 4.98 Å². The predicted molar refractivity (Wildman–Crippen MR) is 122 cm³/mol. The lowest BCUT2D eigenvalue weighted by Crippen LogP contribution is -2.37. The van der Waals surface area contributed by atoms with E-state index in [1.165, 1.54) is 12.1 Å². The topological polar surface area (TPSA) is 56.3 Å². The number of carbonyl (C=O) groups is 2. The summed E-state index contributed by atoms with van der Waals surface area (Å²) in [7, 11) is 0. The minimum Gasteiger partial charge on any atom is -0.462 e. The summed E-state index contributed by atoms with van der Waals surface area (Å²) in [4.78, 5) is 29.7. The van der Waals surface area contributed by atoms with E-state index in [-0.39, 0.29) is 47.3 Å². The van der Waals surface area contributed by atoms with E-state index in [0.29, 0.717) is 12.8 Å². The number of rotatable bonds is 7. The Labute approximate surface area is 188 Å². The van der Waals surface area contributed by atoms with Crippen LogP contribution in [0.1, 0.15) is 51.6 Å². The zero-order chi connectivity index (χ0) is 22.7. The molecule has 32 heavy (non-hydrogen) atoms. The van der Waals surface area contributed by atoms with Crippen molar-refractivity contribution in [1.29, 1.82) is 0 Å². The van der Waals surface area contributed by atoms with Gasteiger partial charge in [0.15, 0.2) is 0 Å². The number of hydrogen-bond acceptors (Lipinski definition) is 4. The van der Waals surface area contributed by atoms with Crippen LogP contribution in [0.15, 0.2) is 48.7 Å². The maximum atomic E-state index is 13.5. The highest BCUT2D eigenvalue weighted by atomic mass is 19.1. The summed E-state index contributed by atoms with van der Waals surface area (Å²) in [5, 5.41) is 0. The van der Waals surface area contributed by atoms with Gasteiger partial charge in [-0.1, -0.05) is 37.6 Å². The number of ether oxygens (including phenoxy) is 1. The Hall–Kier alpha value is -2.82. The van der Waals surface area contributed by atoms with E-state index in [0.717, 1.165) is 36.1 Å². The fourth-order valence-electron chi connectivity index (χ4n) is 5.21. The van der Waals surface area contributed by atoms with Gasteiger partial charge in [-0.3, -0.25) is 14.6 Å². The minimum absolute atomic E-state index is 0.0846. The van der Waals surface area contributed by atoms with Gasteiger partial charge in [0.2, 0.25) is 0 Å². The Kier molecular flexibility index (Phi) is 6.83. The van der Waals surface area contributed by atoms with Gasteiger partial charge in [-0.25, -0.2) is 4.39 Å². The van der Waals surface area contributed by atoms with Gasteiger partial charge in [0, 0.05) is 30.0 Å². The van der Waals surface area contributed by atoms with Gasteiger partial charge in [0.05, 0.1) is 11.6 Å². The van der Waals surface area contributed by atoms with Crippen LogP contribution in [-0.4, -0.2) is 22.8 Å². The fraction of sp³-hybridized carbons (Fsp3) is 0.444. The average Bonchev–Trinajstić information content (AvgIpc) is 3.09. The van der Waals surface area contributed by atoms with Crippen molar-refractivity contribution >= 4 is 17.8 Å². The van der Waals surface area contributed by atoms with Crippen LogP contribution < -0.4 is 0 Å². The summed E-state index contributed by atoms with van der Waals surface area (Å²) in [6.07, 6.45) is 9.49. The van der Waals surface area contributed by atoms with Gasteiger partial charge in [-0.15, -0.1) is 0 Å². The molecule has 0 unspecified atom stereocenters. The molecule has 2 heterocycles. The van der Waals surface area contributed by atoms with Crippen LogP contribution in [0.3, 0.4) is 0 Å². The van der Waals surface area contributed by atoms with Crippen molar-refractivity contribution in [2.24, 2.45) is 23.7 Å². The maximum absolute atomic E-state index is 13.5. The molecule has 2 aliphatic rings. The summed E-state index contributed by atoms with van der Waals surface area (Å²) < 4.78 is 19.0. The molecule has 4 rings (SSSR count). The molecule has 1 aliphatic carbocycles. The molecule has 2 aromatic rings. The van der Waals surface area contributed by atoms with Gasteiger partial charge >= 0.3 is 5.97 Å². The van der Waals surface area contributed by atoms with Crippen LogP contribution in [0, 0.1) is 29.5 Å². The second kappa shape index (κ2) is 9.76. The number of nitrogens with zero attached hydrogens (tertiary/aromatic N) is 1. The lowest BCUT2D eigenvalue weighted by molar-refractivity contribution is -0.144. The third kappa shape index (κ3) is 4.82. The first-order chi connectivity index (χ1) is 15.5. The van der Waals surface area contributed by atoms with Crippen LogP contribution in [0.4, 0.5) is 4.39 Å². The number of fused-ring (bicyclic) bond motifs is 1. The van der Waals surface area contributed by atoms with E-state index in [9.17, 15) is 14.0 Å². The van der Waals surface area contributed by atoms with E-state index in [4.69, 9.17) is 4.74 Å². The van der Waals surface area contributed by atoms with Crippen molar-refractivity contribution in [3.05, 3.63) is 60.2 Å². The summed E-state index contributed by atoms with van der Waals surface area (Å²) in [6.45, 7) is 4.03. The molecule has 0 bridgehead atoms. The summed E-state index contributed by atoms with van der Waals surface area (Å²) in [5.74, 6) is -0.259. The lowest BCUT2D eigenvalue weighted by Gasteiger charge is -2.35. The third-order valence-corrected chi connectivity index (χ3v) is 6.89. The fourth-order valence-corrected chi connectivity index (χ4v) is 5.21. The number of allylic oxidation sites excluding steroid dienone is 1. The van der Waals surface area contributed by atoms with E-state index in [1.807, 2.05) is 31.2 Å². The van der Waals surface area contributed by atoms with E-state index < -0.39 is 0 Å². The third-order valence-electron chi connectivity index (χ3n) is 6.89. The zero-order valence-corrected chi connectivity index (χ0v) is 18.7. The van der Waals surface area contributed by atoms with Crippen molar-refractivity contribution in [2.75, 3.05) is 0 Å². The molecule has 1 saturated carbocycles. The molecular formula is C27H30FNO3. The molecule has 4 nitrogen and oxygen atoms in total. The SMILES string of the molecule is CCCCC(=O)[C@@H]1C[C@H](/C=C/c2ccc(-c3cccc(F)c3)cn2)[C@@H]2[C@@H](C)OC(=O)[C@@H]2C1. The van der Waals surface area contributed by atoms with Gasteiger partial charge in [0.25, 0.3) is 0 Å². The Morgan fingerprint density at radius 1 is 1.22 bits per heavy atom. The van der Waals surface area contributed by atoms with Crippen molar-refractivity contribution < 1.29 is 18.7 Å². The number of pyridine rings is 1. The van der Waals surface area contributed by atoms with Crippen LogP contribution in [0.25, 0.3) is 17.2 Å². The summed E-state index contributed by atoms with van der Waals surface area (Å²) in [5.41, 5.74) is 2.43. The van der Waals surface area contributed by atoms with E-state index >= 15 is 0 Å². The highest BCUT2D eigenvalue weighted by molar-refractivity contribution is 5.83. The Morgan fingerprint density at radius 2 is 2.06 bits per heavy atom. The second-order valence-corrected chi connectivity index (χ2v) is 9.07. The minimum atomic E-state index is -0.274. The molecule has 0 radical (unpaired) electrons. The molecule has 1 saturated heterocycles. The van der Waals surface area contributed by atoms with Crippen molar-refractivity contribution in [3.63, 3.8) is 0 Å². The average molecular weight is 436 g/mol. The van der Waals surface area contributed by atoms with Gasteiger partial charge < -0.3 is 4.74 Å². The molecule has 1 aliphatic heterocycles. The number of halogens is 1. The van der Waals surface area contributed by atoms with Gasteiger partial charge in [0.1, 0.15) is 17.7 Å². The first-order valence-electron chi connectivity index (χ1n) is 11.6. The van der Waals surface area contributed by atoms with E-state index in [2.05, 4.69) is 18.0 Å². The van der Waals surface area contributed by atoms with Gasteiger partial charge in [-0.05, 0) is 61.9 Å². The number of Topliss-reactive ketones (excluding diaryl/α,β-unsaturated/α-hetero) is 1. The molecule has 0 N–H and O–H groups in total. The van der Waals surface area contributed by atoms with E-state index in [1.54, 1.807) is 12.3 Å². The first kappa shape index (κ1) is 22.4. The molecule has 0 amide bonds. The number of cyclic esters (lactones) is 1. The number of benzene rings is 1. The molecule has 1 aromatic carbocycles. The number of unbranched alkanes of at least 4 members (excludes halogenated alkanes) is 1. The molecule has 5 atom stereocenters. The van der Waals surface area contributed by atoms with Gasteiger partial charge in [-0.2, -0.15) is 0 Å². The quantitative estimate of drug-likeness (QED) is 0.511. The number of carbonyl (C=O) groups excluding carboxylic acids is 2. The number of esters is 1. The highest BCUT2D eigenvalue weighted by Crippen LogP contribution is 2.46. The standard InChI is InChI=1S/C27H30FNO3/c1-3-4-8-25(30)21-13-19(26-17(2)32-27(31)24(26)15-21)9-11-23-12-10-20(16-29-23)18-6-5-7-22(28)14-18/h5-7,9-12,14,16-17,19,21,24,26H,3-4,8,13,15H2,1-2H3/b11-9+/t17-,19+,21-,24-,26+/m1/s1. The first-order valence-corrected chi connectivity index (χ1v) is 11.6. The molecule has 1 aromatic heterocycles. The Morgan fingerprint density at radius 3 is 2.78 bits per heavy atom. The molecule has 2 fully saturated rings. The van der Waals surface area contributed by atoms with Crippen LogP contribution in [0.5, 0.6) is 0 Å². The van der Waals surface area contributed by atoms with Crippen LogP contribution >= 0.6 is 0 Å². The van der Waals surface area contributed by atoms with Crippen molar-refractivity contribution in [2.45, 2.75) is 52.1 Å². The van der Waals surface area contributed by atoms with Crippen LogP contribution in [0.2, 0.25) is 0 Å². The predicted octanol–water partition coefficient (Wildman–Crippen LogP) is 5.86. The largest absolute Gasteiger partial charge is 0.462 e. The lowest BCUT2D eigenvalue weighted by atomic mass is 9.65. The monoisotopic (exact) mass is 435 g/mol. The molecule has 168 valence electrons. The highest BCUT2D eigenvalue weighted by Gasteiger charge is 2.50.